The van der Waals surface area contributed by atoms with Crippen LogP contribution in [0.3, 0.4) is 0 Å². The van der Waals surface area contributed by atoms with Gasteiger partial charge in [-0.05, 0) is 25.7 Å². The third-order valence-electron chi connectivity index (χ3n) is 4.81. The highest BCUT2D eigenvalue weighted by Gasteiger charge is 2.25. The van der Waals surface area contributed by atoms with Gasteiger partial charge in [-0.2, -0.15) is 0 Å². The van der Waals surface area contributed by atoms with Gasteiger partial charge in [0.1, 0.15) is 0 Å². The van der Waals surface area contributed by atoms with Crippen LogP contribution in [0.15, 0.2) is 42.5 Å². The van der Waals surface area contributed by atoms with Gasteiger partial charge in [-0.25, -0.2) is 0 Å². The van der Waals surface area contributed by atoms with Crippen molar-refractivity contribution in [2.45, 2.75) is 83.5 Å². The third kappa shape index (κ3) is 8.29. The molecule has 0 radical (unpaired) electrons. The van der Waals surface area contributed by atoms with E-state index >= 15 is 0 Å². The minimum absolute atomic E-state index is 0.0511. The molecule has 1 aliphatic heterocycles. The molecule has 2 unspecified atom stereocenters. The molecule has 0 aliphatic carbocycles. The van der Waals surface area contributed by atoms with Crippen LogP contribution in [0.1, 0.15) is 81.5 Å². The number of rotatable bonds is 13. The van der Waals surface area contributed by atoms with E-state index in [9.17, 15) is 4.79 Å². The maximum absolute atomic E-state index is 12.1. The Bertz CT molecular complexity index is 524. The molecular formula is C23H34O3. The van der Waals surface area contributed by atoms with Gasteiger partial charge < -0.3 is 9.47 Å². The van der Waals surface area contributed by atoms with E-state index in [1.807, 2.05) is 30.3 Å². The van der Waals surface area contributed by atoms with Crippen molar-refractivity contribution in [3.05, 3.63) is 48.0 Å². The predicted molar refractivity (Wildman–Crippen MR) is 106 cm³/mol. The first-order chi connectivity index (χ1) is 12.8. The number of ether oxygens (including phenoxy) is 2. The monoisotopic (exact) mass is 358 g/mol. The lowest BCUT2D eigenvalue weighted by Gasteiger charge is -2.10. The van der Waals surface area contributed by atoms with Gasteiger partial charge >= 0.3 is 0 Å². The number of Topliss-reactive ketones (excluding diaryl/α,β-unsaturated/α-hetero) is 1. The van der Waals surface area contributed by atoms with Crippen LogP contribution < -0.4 is 0 Å². The summed E-state index contributed by atoms with van der Waals surface area (Å²) < 4.78 is 11.6. The Morgan fingerprint density at radius 3 is 2.62 bits per heavy atom. The van der Waals surface area contributed by atoms with Crippen LogP contribution >= 0.6 is 0 Å². The molecule has 2 atom stereocenters. The van der Waals surface area contributed by atoms with Gasteiger partial charge in [0, 0.05) is 18.4 Å². The second-order valence-corrected chi connectivity index (χ2v) is 7.10. The van der Waals surface area contributed by atoms with Gasteiger partial charge in [0.25, 0.3) is 0 Å². The fourth-order valence-electron chi connectivity index (χ4n) is 3.20. The molecule has 0 spiro atoms. The highest BCUT2D eigenvalue weighted by Crippen LogP contribution is 2.20. The minimum atomic E-state index is -0.110. The fraction of sp³-hybridized carbons (Fsp3) is 0.609. The Balaban J connectivity index is 1.51. The van der Waals surface area contributed by atoms with Gasteiger partial charge in [-0.1, -0.05) is 75.1 Å². The average molecular weight is 359 g/mol. The molecule has 0 N–H and O–H groups in total. The number of carbonyl (C=O) groups excluding carboxylic acids is 1. The van der Waals surface area contributed by atoms with Gasteiger partial charge in [-0.3, -0.25) is 4.79 Å². The molecule has 1 fully saturated rings. The van der Waals surface area contributed by atoms with E-state index in [1.54, 1.807) is 0 Å². The van der Waals surface area contributed by atoms with Crippen LogP contribution in [0, 0.1) is 0 Å². The first kappa shape index (κ1) is 20.9. The van der Waals surface area contributed by atoms with Crippen LogP contribution in [0.2, 0.25) is 0 Å². The van der Waals surface area contributed by atoms with Gasteiger partial charge in [0.15, 0.2) is 12.1 Å². The normalized spacial score (nSPS) is 20.0. The maximum Gasteiger partial charge on any atom is 0.162 e. The summed E-state index contributed by atoms with van der Waals surface area (Å²) in [5.41, 5.74) is 0.780. The van der Waals surface area contributed by atoms with Crippen molar-refractivity contribution in [1.29, 1.82) is 0 Å². The molecule has 1 aromatic carbocycles. The van der Waals surface area contributed by atoms with Crippen LogP contribution in [-0.4, -0.2) is 24.8 Å². The lowest BCUT2D eigenvalue weighted by Crippen LogP contribution is -2.14. The number of carbonyl (C=O) groups is 1. The second-order valence-electron chi connectivity index (χ2n) is 7.10. The molecular weight excluding hydrogens is 324 g/mol. The highest BCUT2D eigenvalue weighted by molar-refractivity contribution is 5.95. The summed E-state index contributed by atoms with van der Waals surface area (Å²) >= 11 is 0. The molecule has 3 heteroatoms. The topological polar surface area (TPSA) is 35.5 Å². The molecule has 1 aromatic rings. The van der Waals surface area contributed by atoms with Crippen LogP contribution in [0.25, 0.3) is 0 Å². The van der Waals surface area contributed by atoms with Crippen molar-refractivity contribution in [2.24, 2.45) is 0 Å². The molecule has 1 heterocycles. The van der Waals surface area contributed by atoms with Crippen molar-refractivity contribution in [2.75, 3.05) is 6.61 Å². The summed E-state index contributed by atoms with van der Waals surface area (Å²) in [4.78, 5) is 12.1. The number of unbranched alkanes of at least 4 members (excludes halogenated alkanes) is 5. The smallest absolute Gasteiger partial charge is 0.162 e. The van der Waals surface area contributed by atoms with E-state index in [1.165, 1.54) is 38.5 Å². The van der Waals surface area contributed by atoms with Crippen LogP contribution in [0.5, 0.6) is 0 Å². The summed E-state index contributed by atoms with van der Waals surface area (Å²) in [7, 11) is 0. The zero-order valence-corrected chi connectivity index (χ0v) is 16.2. The largest absolute Gasteiger partial charge is 0.350 e. The summed E-state index contributed by atoms with van der Waals surface area (Å²) in [5.74, 6) is 0.180. The molecule has 1 saturated heterocycles. The number of allylic oxidation sites excluding steroid dienone is 2. The van der Waals surface area contributed by atoms with Crippen molar-refractivity contribution in [1.82, 2.24) is 0 Å². The van der Waals surface area contributed by atoms with Crippen molar-refractivity contribution in [3.63, 3.8) is 0 Å². The molecule has 0 aromatic heterocycles. The Hall–Kier alpha value is -1.45. The van der Waals surface area contributed by atoms with Crippen LogP contribution in [-0.2, 0) is 9.47 Å². The van der Waals surface area contributed by atoms with Gasteiger partial charge in [-0.15, -0.1) is 0 Å². The summed E-state index contributed by atoms with van der Waals surface area (Å²) in [5, 5.41) is 0. The van der Waals surface area contributed by atoms with E-state index in [2.05, 4.69) is 19.1 Å². The number of ketones is 1. The summed E-state index contributed by atoms with van der Waals surface area (Å²) in [6, 6.07) is 9.46. The zero-order chi connectivity index (χ0) is 18.5. The summed E-state index contributed by atoms with van der Waals surface area (Å²) in [6.45, 7) is 2.85. The van der Waals surface area contributed by atoms with Crippen molar-refractivity contribution < 1.29 is 14.3 Å². The number of hydrogen-bond donors (Lipinski definition) is 0. The average Bonchev–Trinajstić information content (AvgIpc) is 3.13. The predicted octanol–water partition coefficient (Wildman–Crippen LogP) is 6.09. The van der Waals surface area contributed by atoms with E-state index in [0.29, 0.717) is 13.0 Å². The molecule has 0 saturated carbocycles. The van der Waals surface area contributed by atoms with E-state index < -0.39 is 0 Å². The molecule has 0 amide bonds. The van der Waals surface area contributed by atoms with Crippen molar-refractivity contribution in [3.8, 4) is 0 Å². The SMILES string of the molecule is CCCCCCC/C=C\CCC1OCC(CCC(=O)c2ccccc2)O1. The van der Waals surface area contributed by atoms with Crippen molar-refractivity contribution >= 4 is 5.78 Å². The fourth-order valence-corrected chi connectivity index (χ4v) is 3.20. The first-order valence-corrected chi connectivity index (χ1v) is 10.3. The Kier molecular flexibility index (Phi) is 10.3. The minimum Gasteiger partial charge on any atom is -0.350 e. The standard InChI is InChI=1S/C23H34O3/c1-2-3-4-5-6-7-8-9-13-16-23-25-19-21(26-23)17-18-22(24)20-14-11-10-12-15-20/h8-12,14-15,21,23H,2-7,13,16-19H2,1H3/b9-8-. The lowest BCUT2D eigenvalue weighted by atomic mass is 10.0. The Morgan fingerprint density at radius 1 is 1.04 bits per heavy atom. The molecule has 3 nitrogen and oxygen atoms in total. The number of hydrogen-bond acceptors (Lipinski definition) is 3. The molecule has 2 rings (SSSR count). The van der Waals surface area contributed by atoms with Gasteiger partial charge in [0.05, 0.1) is 12.7 Å². The van der Waals surface area contributed by atoms with E-state index in [-0.39, 0.29) is 18.2 Å². The lowest BCUT2D eigenvalue weighted by molar-refractivity contribution is -0.0620. The number of benzene rings is 1. The Labute approximate surface area is 158 Å². The molecule has 26 heavy (non-hydrogen) atoms. The molecule has 1 aliphatic rings. The zero-order valence-electron chi connectivity index (χ0n) is 16.2. The maximum atomic E-state index is 12.1. The van der Waals surface area contributed by atoms with Gasteiger partial charge in [0.2, 0.25) is 0 Å². The van der Waals surface area contributed by atoms with Crippen LogP contribution in [0.4, 0.5) is 0 Å². The first-order valence-electron chi connectivity index (χ1n) is 10.3. The highest BCUT2D eigenvalue weighted by atomic mass is 16.7. The second kappa shape index (κ2) is 12.8. The quantitative estimate of drug-likeness (QED) is 0.243. The van der Waals surface area contributed by atoms with E-state index in [0.717, 1.165) is 24.8 Å². The van der Waals surface area contributed by atoms with E-state index in [4.69, 9.17) is 9.47 Å². The molecule has 144 valence electrons. The molecule has 0 bridgehead atoms. The summed E-state index contributed by atoms with van der Waals surface area (Å²) in [6.07, 6.45) is 15.5. The third-order valence-corrected chi connectivity index (χ3v) is 4.81. The Morgan fingerprint density at radius 2 is 1.81 bits per heavy atom.